The largest absolute Gasteiger partial charge is 0.493 e. The molecule has 0 aromatic heterocycles. The second-order valence-electron chi connectivity index (χ2n) is 4.25. The number of ether oxygens (including phenoxy) is 1. The SMILES string of the molecule is O=C1CCC(COc2ccc(Br)cc2)CC1. The molecule has 0 radical (unpaired) electrons. The molecular weight excluding hydrogens is 268 g/mol. The van der Waals surface area contributed by atoms with Crippen molar-refractivity contribution in [3.63, 3.8) is 0 Å². The molecule has 0 amide bonds. The van der Waals surface area contributed by atoms with Crippen LogP contribution in [0.1, 0.15) is 25.7 Å². The number of rotatable bonds is 3. The van der Waals surface area contributed by atoms with Crippen molar-refractivity contribution in [1.29, 1.82) is 0 Å². The van der Waals surface area contributed by atoms with Gasteiger partial charge in [-0.05, 0) is 43.0 Å². The standard InChI is InChI=1S/C13H15BrO2/c14-11-3-7-13(8-4-11)16-9-10-1-5-12(15)6-2-10/h3-4,7-8,10H,1-2,5-6,9H2. The molecule has 16 heavy (non-hydrogen) atoms. The summed E-state index contributed by atoms with van der Waals surface area (Å²) in [7, 11) is 0. The zero-order valence-electron chi connectivity index (χ0n) is 9.12. The first kappa shape index (κ1) is 11.6. The van der Waals surface area contributed by atoms with E-state index in [0.29, 0.717) is 11.7 Å². The zero-order valence-corrected chi connectivity index (χ0v) is 10.7. The van der Waals surface area contributed by atoms with Crippen LogP contribution in [0.4, 0.5) is 0 Å². The van der Waals surface area contributed by atoms with E-state index in [0.717, 1.165) is 42.5 Å². The van der Waals surface area contributed by atoms with Gasteiger partial charge in [0, 0.05) is 17.3 Å². The van der Waals surface area contributed by atoms with Crippen molar-refractivity contribution in [1.82, 2.24) is 0 Å². The van der Waals surface area contributed by atoms with Crippen LogP contribution in [0.25, 0.3) is 0 Å². The maximum absolute atomic E-state index is 11.1. The highest BCUT2D eigenvalue weighted by Crippen LogP contribution is 2.23. The molecule has 0 heterocycles. The lowest BCUT2D eigenvalue weighted by Gasteiger charge is -2.21. The van der Waals surface area contributed by atoms with Crippen LogP contribution in [-0.4, -0.2) is 12.4 Å². The highest BCUT2D eigenvalue weighted by Gasteiger charge is 2.18. The molecule has 0 atom stereocenters. The number of hydrogen-bond acceptors (Lipinski definition) is 2. The van der Waals surface area contributed by atoms with Gasteiger partial charge in [0.1, 0.15) is 11.5 Å². The fourth-order valence-corrected chi connectivity index (χ4v) is 2.18. The Morgan fingerprint density at radius 2 is 1.81 bits per heavy atom. The first-order valence-corrected chi connectivity index (χ1v) is 6.43. The normalized spacial score (nSPS) is 17.4. The number of hydrogen-bond donors (Lipinski definition) is 0. The van der Waals surface area contributed by atoms with Gasteiger partial charge in [-0.15, -0.1) is 0 Å². The van der Waals surface area contributed by atoms with Crippen molar-refractivity contribution < 1.29 is 9.53 Å². The number of benzene rings is 1. The minimum Gasteiger partial charge on any atom is -0.493 e. The number of halogens is 1. The molecule has 0 aliphatic heterocycles. The minimum absolute atomic E-state index is 0.403. The molecular formula is C13H15BrO2. The van der Waals surface area contributed by atoms with Crippen LogP contribution in [0.15, 0.2) is 28.7 Å². The first-order chi connectivity index (χ1) is 7.74. The molecule has 2 nitrogen and oxygen atoms in total. The topological polar surface area (TPSA) is 26.3 Å². The van der Waals surface area contributed by atoms with E-state index in [4.69, 9.17) is 4.74 Å². The Kier molecular flexibility index (Phi) is 3.99. The average molecular weight is 283 g/mol. The predicted molar refractivity (Wildman–Crippen MR) is 66.6 cm³/mol. The molecule has 0 unspecified atom stereocenters. The molecule has 1 aromatic carbocycles. The van der Waals surface area contributed by atoms with Crippen molar-refractivity contribution in [2.75, 3.05) is 6.61 Å². The Bertz CT molecular complexity index is 349. The molecule has 0 bridgehead atoms. The van der Waals surface area contributed by atoms with E-state index in [1.165, 1.54) is 0 Å². The monoisotopic (exact) mass is 282 g/mol. The smallest absolute Gasteiger partial charge is 0.132 e. The third kappa shape index (κ3) is 3.34. The molecule has 1 saturated carbocycles. The summed E-state index contributed by atoms with van der Waals surface area (Å²) >= 11 is 3.39. The molecule has 1 aromatic rings. The van der Waals surface area contributed by atoms with Gasteiger partial charge in [-0.1, -0.05) is 15.9 Å². The van der Waals surface area contributed by atoms with Crippen LogP contribution in [0.2, 0.25) is 0 Å². The van der Waals surface area contributed by atoms with E-state index in [9.17, 15) is 4.79 Å². The molecule has 1 aliphatic rings. The molecule has 1 fully saturated rings. The average Bonchev–Trinajstić information content (AvgIpc) is 2.30. The Morgan fingerprint density at radius 1 is 1.19 bits per heavy atom. The summed E-state index contributed by atoms with van der Waals surface area (Å²) in [6.07, 6.45) is 3.42. The van der Waals surface area contributed by atoms with Crippen molar-refractivity contribution >= 4 is 21.7 Å². The van der Waals surface area contributed by atoms with Crippen LogP contribution >= 0.6 is 15.9 Å². The Balaban J connectivity index is 1.79. The maximum atomic E-state index is 11.1. The summed E-state index contributed by atoms with van der Waals surface area (Å²) in [5.74, 6) is 1.85. The van der Waals surface area contributed by atoms with E-state index in [1.807, 2.05) is 24.3 Å². The van der Waals surface area contributed by atoms with Crippen molar-refractivity contribution in [3.05, 3.63) is 28.7 Å². The summed E-state index contributed by atoms with van der Waals surface area (Å²) in [6, 6.07) is 7.86. The molecule has 0 N–H and O–H groups in total. The quantitative estimate of drug-likeness (QED) is 0.847. The van der Waals surface area contributed by atoms with Gasteiger partial charge < -0.3 is 4.74 Å². The minimum atomic E-state index is 0.403. The highest BCUT2D eigenvalue weighted by atomic mass is 79.9. The summed E-state index contributed by atoms with van der Waals surface area (Å²) in [5, 5.41) is 0. The maximum Gasteiger partial charge on any atom is 0.132 e. The van der Waals surface area contributed by atoms with Gasteiger partial charge in [-0.25, -0.2) is 0 Å². The summed E-state index contributed by atoms with van der Waals surface area (Å²) < 4.78 is 6.76. The molecule has 3 heteroatoms. The summed E-state index contributed by atoms with van der Waals surface area (Å²) in [6.45, 7) is 0.731. The second kappa shape index (κ2) is 5.48. The zero-order chi connectivity index (χ0) is 11.4. The van der Waals surface area contributed by atoms with Gasteiger partial charge in [-0.2, -0.15) is 0 Å². The lowest BCUT2D eigenvalue weighted by Crippen LogP contribution is -2.19. The van der Waals surface area contributed by atoms with E-state index < -0.39 is 0 Å². The van der Waals surface area contributed by atoms with Crippen LogP contribution in [-0.2, 0) is 4.79 Å². The number of ketones is 1. The number of carbonyl (C=O) groups is 1. The molecule has 0 saturated heterocycles. The molecule has 1 aliphatic carbocycles. The van der Waals surface area contributed by atoms with Gasteiger partial charge in [0.15, 0.2) is 0 Å². The third-order valence-electron chi connectivity index (χ3n) is 2.96. The molecule has 86 valence electrons. The molecule has 0 spiro atoms. The van der Waals surface area contributed by atoms with Crippen molar-refractivity contribution in [2.45, 2.75) is 25.7 Å². The number of carbonyl (C=O) groups excluding carboxylic acids is 1. The van der Waals surface area contributed by atoms with E-state index in [2.05, 4.69) is 15.9 Å². The van der Waals surface area contributed by atoms with Crippen LogP contribution in [0.5, 0.6) is 5.75 Å². The lowest BCUT2D eigenvalue weighted by molar-refractivity contribution is -0.121. The first-order valence-electron chi connectivity index (χ1n) is 5.64. The van der Waals surface area contributed by atoms with E-state index >= 15 is 0 Å². The third-order valence-corrected chi connectivity index (χ3v) is 3.49. The van der Waals surface area contributed by atoms with Crippen molar-refractivity contribution in [3.8, 4) is 5.75 Å². The fourth-order valence-electron chi connectivity index (χ4n) is 1.91. The van der Waals surface area contributed by atoms with Gasteiger partial charge in [-0.3, -0.25) is 4.79 Å². The second-order valence-corrected chi connectivity index (χ2v) is 5.16. The fraction of sp³-hybridized carbons (Fsp3) is 0.462. The highest BCUT2D eigenvalue weighted by molar-refractivity contribution is 9.10. The van der Waals surface area contributed by atoms with Crippen molar-refractivity contribution in [2.24, 2.45) is 5.92 Å². The molecule has 2 rings (SSSR count). The van der Waals surface area contributed by atoms with Gasteiger partial charge in [0.2, 0.25) is 0 Å². The van der Waals surface area contributed by atoms with E-state index in [-0.39, 0.29) is 0 Å². The van der Waals surface area contributed by atoms with Gasteiger partial charge in [0.05, 0.1) is 6.61 Å². The summed E-state index contributed by atoms with van der Waals surface area (Å²) in [5.41, 5.74) is 0. The van der Waals surface area contributed by atoms with Crippen LogP contribution < -0.4 is 4.74 Å². The van der Waals surface area contributed by atoms with Gasteiger partial charge in [0.25, 0.3) is 0 Å². The summed E-state index contributed by atoms with van der Waals surface area (Å²) in [4.78, 5) is 11.1. The Hall–Kier alpha value is -0.830. The van der Waals surface area contributed by atoms with Gasteiger partial charge >= 0.3 is 0 Å². The predicted octanol–water partition coefficient (Wildman–Crippen LogP) is 3.59. The number of Topliss-reactive ketones (excluding diaryl/α,β-unsaturated/α-hetero) is 1. The van der Waals surface area contributed by atoms with Crippen LogP contribution in [0.3, 0.4) is 0 Å². The lowest BCUT2D eigenvalue weighted by atomic mass is 9.89. The van der Waals surface area contributed by atoms with E-state index in [1.54, 1.807) is 0 Å². The Morgan fingerprint density at radius 3 is 2.44 bits per heavy atom. The Labute approximate surface area is 104 Å². The van der Waals surface area contributed by atoms with Crippen LogP contribution in [0, 0.1) is 5.92 Å².